The van der Waals surface area contributed by atoms with E-state index in [1.165, 1.54) is 7.11 Å². The zero-order valence-corrected chi connectivity index (χ0v) is 18.8. The lowest BCUT2D eigenvalue weighted by Crippen LogP contribution is -2.18. The summed E-state index contributed by atoms with van der Waals surface area (Å²) in [6, 6.07) is 20.8. The van der Waals surface area contributed by atoms with Gasteiger partial charge in [-0.3, -0.25) is 4.79 Å². The monoisotopic (exact) mass is 480 g/mol. The molecule has 0 amide bonds. The van der Waals surface area contributed by atoms with Gasteiger partial charge in [0, 0.05) is 11.8 Å². The first kappa shape index (κ1) is 25.9. The van der Waals surface area contributed by atoms with Crippen molar-refractivity contribution >= 4 is 15.8 Å². The van der Waals surface area contributed by atoms with E-state index in [9.17, 15) is 26.4 Å². The van der Waals surface area contributed by atoms with E-state index >= 15 is 0 Å². The van der Waals surface area contributed by atoms with E-state index in [-0.39, 0.29) is 16.9 Å². The molecule has 5 nitrogen and oxygen atoms in total. The van der Waals surface area contributed by atoms with Gasteiger partial charge in [0.1, 0.15) is 5.75 Å². The Bertz CT molecular complexity index is 1150. The highest BCUT2D eigenvalue weighted by Crippen LogP contribution is 2.43. The lowest BCUT2D eigenvalue weighted by atomic mass is 9.89. The molecule has 0 aliphatic carbocycles. The number of carboxylic acids is 1. The summed E-state index contributed by atoms with van der Waals surface area (Å²) in [6.45, 7) is 0. The minimum Gasteiger partial charge on any atom is -0.496 e. The van der Waals surface area contributed by atoms with Crippen LogP contribution in [-0.2, 0) is 33.0 Å². The molecule has 0 aliphatic heterocycles. The van der Waals surface area contributed by atoms with Crippen LogP contribution in [0.3, 0.4) is 0 Å². The van der Waals surface area contributed by atoms with Crippen molar-refractivity contribution in [1.82, 2.24) is 0 Å². The zero-order chi connectivity index (χ0) is 24.6. The SMILES string of the molecule is COc1cc(C(F)(F)F)c(CC(=O)O)c(CS(C)(=O)=O)c1-c1ccccc1.c1ccccc1. The maximum absolute atomic E-state index is 13.6. The molecule has 9 heteroatoms. The fourth-order valence-corrected chi connectivity index (χ4v) is 4.09. The summed E-state index contributed by atoms with van der Waals surface area (Å²) >= 11 is 0. The van der Waals surface area contributed by atoms with Crippen LogP contribution in [0.1, 0.15) is 16.7 Å². The number of ether oxygens (including phenoxy) is 1. The third-order valence-corrected chi connectivity index (χ3v) is 5.32. The standard InChI is InChI=1S/C18H17F3O5S.C6H6/c1-26-15-9-14(18(19,20)21)12(8-16(22)23)13(10-27(2,24)25)17(15)11-6-4-3-5-7-11;1-2-4-6-5-3-1/h3-7,9H,8,10H2,1-2H3,(H,22,23);1-6H. The molecule has 0 unspecified atom stereocenters. The largest absolute Gasteiger partial charge is 0.496 e. The van der Waals surface area contributed by atoms with Crippen LogP contribution in [0.25, 0.3) is 11.1 Å². The fourth-order valence-electron chi connectivity index (χ4n) is 3.25. The molecule has 33 heavy (non-hydrogen) atoms. The van der Waals surface area contributed by atoms with Gasteiger partial charge in [0.25, 0.3) is 0 Å². The number of aliphatic carboxylic acids is 1. The fraction of sp³-hybridized carbons (Fsp3) is 0.208. The number of carboxylic acid groups (broad SMARTS) is 1. The predicted molar refractivity (Wildman–Crippen MR) is 120 cm³/mol. The number of alkyl halides is 3. The highest BCUT2D eigenvalue weighted by atomic mass is 32.2. The Balaban J connectivity index is 0.000000554. The number of methoxy groups -OCH3 is 1. The van der Waals surface area contributed by atoms with Crippen molar-refractivity contribution < 1.29 is 36.2 Å². The van der Waals surface area contributed by atoms with Crippen LogP contribution in [-0.4, -0.2) is 32.9 Å². The summed E-state index contributed by atoms with van der Waals surface area (Å²) in [5.74, 6) is -2.43. The van der Waals surface area contributed by atoms with Gasteiger partial charge in [0.15, 0.2) is 9.84 Å². The Kier molecular flexibility index (Phi) is 8.64. The number of sulfone groups is 1. The average Bonchev–Trinajstić information content (AvgIpc) is 2.74. The lowest BCUT2D eigenvalue weighted by molar-refractivity contribution is -0.139. The highest BCUT2D eigenvalue weighted by molar-refractivity contribution is 7.89. The number of hydrogen-bond acceptors (Lipinski definition) is 4. The predicted octanol–water partition coefficient (Wildman–Crippen LogP) is 5.24. The van der Waals surface area contributed by atoms with Crippen LogP contribution >= 0.6 is 0 Å². The first-order chi connectivity index (χ1) is 15.4. The Hall–Kier alpha value is -3.33. The molecule has 0 bridgehead atoms. The maximum atomic E-state index is 13.6. The normalized spacial score (nSPS) is 11.3. The maximum Gasteiger partial charge on any atom is 0.416 e. The molecule has 3 aromatic rings. The van der Waals surface area contributed by atoms with Crippen LogP contribution in [0, 0.1) is 0 Å². The Morgan fingerprint density at radius 3 is 1.82 bits per heavy atom. The Labute approximate surface area is 190 Å². The molecule has 0 fully saturated rings. The molecule has 0 saturated heterocycles. The van der Waals surface area contributed by atoms with Gasteiger partial charge in [-0.05, 0) is 22.8 Å². The molecule has 3 aromatic carbocycles. The minimum atomic E-state index is -4.88. The number of carbonyl (C=O) groups is 1. The molecule has 0 saturated carbocycles. The van der Waals surface area contributed by atoms with Crippen LogP contribution in [0.4, 0.5) is 13.2 Å². The van der Waals surface area contributed by atoms with Crippen molar-refractivity contribution in [2.45, 2.75) is 18.3 Å². The summed E-state index contributed by atoms with van der Waals surface area (Å²) in [5.41, 5.74) is -1.47. The molecular weight excluding hydrogens is 457 g/mol. The van der Waals surface area contributed by atoms with E-state index in [0.29, 0.717) is 11.6 Å². The van der Waals surface area contributed by atoms with Gasteiger partial charge in [-0.1, -0.05) is 66.7 Å². The van der Waals surface area contributed by atoms with Crippen molar-refractivity contribution in [3.05, 3.63) is 89.5 Å². The Morgan fingerprint density at radius 2 is 1.42 bits per heavy atom. The zero-order valence-electron chi connectivity index (χ0n) is 18.0. The van der Waals surface area contributed by atoms with Crippen molar-refractivity contribution in [2.75, 3.05) is 13.4 Å². The quantitative estimate of drug-likeness (QED) is 0.522. The third kappa shape index (κ3) is 7.64. The molecule has 176 valence electrons. The van der Waals surface area contributed by atoms with Crippen molar-refractivity contribution in [1.29, 1.82) is 0 Å². The first-order valence-electron chi connectivity index (χ1n) is 9.69. The smallest absolute Gasteiger partial charge is 0.416 e. The highest BCUT2D eigenvalue weighted by Gasteiger charge is 2.37. The molecule has 0 atom stereocenters. The Morgan fingerprint density at radius 1 is 0.939 bits per heavy atom. The van der Waals surface area contributed by atoms with Gasteiger partial charge in [-0.2, -0.15) is 13.2 Å². The van der Waals surface area contributed by atoms with E-state index in [1.54, 1.807) is 30.3 Å². The van der Waals surface area contributed by atoms with Gasteiger partial charge in [0.2, 0.25) is 0 Å². The van der Waals surface area contributed by atoms with Crippen LogP contribution in [0.2, 0.25) is 0 Å². The summed E-state index contributed by atoms with van der Waals surface area (Å²) in [6.07, 6.45) is -4.97. The van der Waals surface area contributed by atoms with Crippen molar-refractivity contribution in [2.24, 2.45) is 0 Å². The summed E-state index contributed by atoms with van der Waals surface area (Å²) in [5, 5.41) is 9.12. The second-order valence-electron chi connectivity index (χ2n) is 7.12. The molecule has 0 spiro atoms. The van der Waals surface area contributed by atoms with Gasteiger partial charge >= 0.3 is 12.1 Å². The van der Waals surface area contributed by atoms with Crippen molar-refractivity contribution in [3.8, 4) is 16.9 Å². The average molecular weight is 481 g/mol. The second kappa shape index (κ2) is 11.0. The van der Waals surface area contributed by atoms with Gasteiger partial charge in [-0.25, -0.2) is 8.42 Å². The van der Waals surface area contributed by atoms with E-state index in [2.05, 4.69) is 0 Å². The molecule has 1 N–H and O–H groups in total. The first-order valence-corrected chi connectivity index (χ1v) is 11.7. The molecular formula is C24H23F3O5S. The molecule has 0 aromatic heterocycles. The van der Waals surface area contributed by atoms with Crippen LogP contribution < -0.4 is 4.74 Å². The van der Waals surface area contributed by atoms with E-state index in [0.717, 1.165) is 6.26 Å². The van der Waals surface area contributed by atoms with Gasteiger partial charge in [0.05, 0.1) is 24.8 Å². The molecule has 3 rings (SSSR count). The summed E-state index contributed by atoms with van der Waals surface area (Å²) < 4.78 is 69.6. The number of halogens is 3. The van der Waals surface area contributed by atoms with Crippen LogP contribution in [0.5, 0.6) is 5.75 Å². The van der Waals surface area contributed by atoms with Crippen molar-refractivity contribution in [3.63, 3.8) is 0 Å². The van der Waals surface area contributed by atoms with E-state index in [1.807, 2.05) is 36.4 Å². The van der Waals surface area contributed by atoms with Gasteiger partial charge < -0.3 is 9.84 Å². The number of hydrogen-bond donors (Lipinski definition) is 1. The molecule has 0 radical (unpaired) electrons. The summed E-state index contributed by atoms with van der Waals surface area (Å²) in [4.78, 5) is 11.2. The van der Waals surface area contributed by atoms with Gasteiger partial charge in [-0.15, -0.1) is 0 Å². The lowest BCUT2D eigenvalue weighted by Gasteiger charge is -2.22. The van der Waals surface area contributed by atoms with E-state index in [4.69, 9.17) is 9.84 Å². The number of rotatable bonds is 6. The molecule has 0 aliphatic rings. The number of benzene rings is 3. The molecule has 0 heterocycles. The second-order valence-corrected chi connectivity index (χ2v) is 9.26. The third-order valence-electron chi connectivity index (χ3n) is 4.50. The summed E-state index contributed by atoms with van der Waals surface area (Å²) in [7, 11) is -2.60. The van der Waals surface area contributed by atoms with E-state index < -0.39 is 45.3 Å². The topological polar surface area (TPSA) is 80.7 Å². The van der Waals surface area contributed by atoms with Crippen LogP contribution in [0.15, 0.2) is 72.8 Å². The minimum absolute atomic E-state index is 0.132.